The predicted molar refractivity (Wildman–Crippen MR) is 195 cm³/mol. The summed E-state index contributed by atoms with van der Waals surface area (Å²) in [6, 6.07) is 58.8. The lowest BCUT2D eigenvalue weighted by Crippen LogP contribution is -2.26. The normalized spacial score (nSPS) is 13.5. The second-order valence-corrected chi connectivity index (χ2v) is 13.6. The molecule has 0 N–H and O–H groups in total. The number of anilines is 3. The molecule has 1 aromatic heterocycles. The highest BCUT2D eigenvalue weighted by atomic mass is 32.1. The largest absolute Gasteiger partial charge is 0.310 e. The van der Waals surface area contributed by atoms with Gasteiger partial charge in [-0.25, -0.2) is 0 Å². The molecule has 0 amide bonds. The van der Waals surface area contributed by atoms with Crippen LogP contribution in [0.2, 0.25) is 0 Å². The van der Waals surface area contributed by atoms with Gasteiger partial charge in [-0.3, -0.25) is 0 Å². The van der Waals surface area contributed by atoms with Crippen LogP contribution in [-0.4, -0.2) is 0 Å². The van der Waals surface area contributed by atoms with Gasteiger partial charge < -0.3 is 4.90 Å². The quantitative estimate of drug-likeness (QED) is 0.194. The van der Waals surface area contributed by atoms with Gasteiger partial charge >= 0.3 is 0 Å². The summed E-state index contributed by atoms with van der Waals surface area (Å²) in [4.78, 5) is 2.48. The minimum Gasteiger partial charge on any atom is -0.310 e. The van der Waals surface area contributed by atoms with Crippen molar-refractivity contribution in [2.75, 3.05) is 4.90 Å². The number of hydrogen-bond acceptors (Lipinski definition) is 2. The van der Waals surface area contributed by atoms with E-state index in [0.29, 0.717) is 0 Å². The summed E-state index contributed by atoms with van der Waals surface area (Å²) in [5.41, 5.74) is 15.1. The van der Waals surface area contributed by atoms with Crippen molar-refractivity contribution < 1.29 is 0 Å². The fourth-order valence-corrected chi connectivity index (χ4v) is 9.50. The molecule has 0 saturated carbocycles. The number of rotatable bonds is 3. The summed E-state index contributed by atoms with van der Waals surface area (Å²) in [6.07, 6.45) is 0. The van der Waals surface area contributed by atoms with Gasteiger partial charge in [0, 0.05) is 37.1 Å². The summed E-state index contributed by atoms with van der Waals surface area (Å²) >= 11 is 1.87. The van der Waals surface area contributed by atoms with Gasteiger partial charge in [-0.15, -0.1) is 11.3 Å². The maximum atomic E-state index is 2.48. The number of hydrogen-bond donors (Lipinski definition) is 0. The summed E-state index contributed by atoms with van der Waals surface area (Å²) in [6.45, 7) is 2.18. The van der Waals surface area contributed by atoms with Crippen molar-refractivity contribution in [3.8, 4) is 22.3 Å². The van der Waals surface area contributed by atoms with Crippen LogP contribution in [0.3, 0.4) is 0 Å². The Hall–Kier alpha value is -5.44. The van der Waals surface area contributed by atoms with Crippen LogP contribution in [0, 0.1) is 6.92 Å². The van der Waals surface area contributed by atoms with Crippen molar-refractivity contribution in [2.45, 2.75) is 12.3 Å². The van der Waals surface area contributed by atoms with Gasteiger partial charge in [0.05, 0.1) is 11.1 Å². The van der Waals surface area contributed by atoms with Gasteiger partial charge in [0.15, 0.2) is 0 Å². The van der Waals surface area contributed by atoms with E-state index in [-0.39, 0.29) is 5.41 Å². The van der Waals surface area contributed by atoms with E-state index in [1.54, 1.807) is 0 Å². The molecule has 10 rings (SSSR count). The smallest absolute Gasteiger partial charge is 0.0726 e. The number of thiophene rings is 1. The van der Waals surface area contributed by atoms with E-state index in [9.17, 15) is 0 Å². The Labute approximate surface area is 272 Å². The maximum Gasteiger partial charge on any atom is 0.0726 e. The van der Waals surface area contributed by atoms with Gasteiger partial charge in [-0.05, 0) is 87.8 Å². The van der Waals surface area contributed by atoms with Crippen molar-refractivity contribution in [1.82, 2.24) is 0 Å². The molecular weight excluding hydrogens is 575 g/mol. The molecule has 46 heavy (non-hydrogen) atoms. The zero-order valence-electron chi connectivity index (χ0n) is 25.4. The van der Waals surface area contributed by atoms with Crippen LogP contribution in [0.4, 0.5) is 17.1 Å². The zero-order valence-corrected chi connectivity index (χ0v) is 26.2. The SMILES string of the molecule is Cc1cccc(N(c2ccc3c(c2)sc2ccccc23)c2cccc3c2-c2ccccc2C32c3ccccc3-c3ccccc32)c1. The lowest BCUT2D eigenvalue weighted by atomic mass is 9.70. The van der Waals surface area contributed by atoms with Gasteiger partial charge in [0.2, 0.25) is 0 Å². The standard InChI is InChI=1S/C44H29NS/c1-28-12-10-13-29(26-28)45(30-24-25-34-33-16-5-9-23-41(33)46-42(34)27-30)40-22-11-21-39-43(40)35-17-4-8-20-38(35)44(39)36-18-6-2-14-31(36)32-15-3-7-19-37(32)44/h2-27H,1H3. The summed E-state index contributed by atoms with van der Waals surface area (Å²) in [5, 5.41) is 2.64. The second-order valence-electron chi connectivity index (χ2n) is 12.5. The van der Waals surface area contributed by atoms with E-state index in [0.717, 1.165) is 0 Å². The molecule has 0 radical (unpaired) electrons. The minimum atomic E-state index is -0.372. The third-order valence-electron chi connectivity index (χ3n) is 10.1. The summed E-state index contributed by atoms with van der Waals surface area (Å²) in [5.74, 6) is 0. The molecule has 0 saturated heterocycles. The lowest BCUT2D eigenvalue weighted by molar-refractivity contribution is 0.794. The highest BCUT2D eigenvalue weighted by Crippen LogP contribution is 2.64. The predicted octanol–water partition coefficient (Wildman–Crippen LogP) is 12.2. The van der Waals surface area contributed by atoms with Gasteiger partial charge in [-0.1, -0.05) is 121 Å². The number of nitrogens with zero attached hydrogens (tertiary/aromatic N) is 1. The van der Waals surface area contributed by atoms with Crippen LogP contribution < -0.4 is 4.90 Å². The van der Waals surface area contributed by atoms with Crippen LogP contribution in [0.15, 0.2) is 158 Å². The van der Waals surface area contributed by atoms with E-state index in [1.165, 1.54) is 87.3 Å². The molecule has 1 heterocycles. The van der Waals surface area contributed by atoms with Crippen molar-refractivity contribution in [2.24, 2.45) is 0 Å². The molecule has 2 aliphatic rings. The van der Waals surface area contributed by atoms with Crippen molar-refractivity contribution in [3.05, 3.63) is 186 Å². The fraction of sp³-hybridized carbons (Fsp3) is 0.0455. The first-order valence-corrected chi connectivity index (χ1v) is 16.8. The first-order chi connectivity index (χ1) is 22.7. The molecule has 216 valence electrons. The highest BCUT2D eigenvalue weighted by Gasteiger charge is 2.52. The van der Waals surface area contributed by atoms with Crippen LogP contribution in [0.25, 0.3) is 42.4 Å². The Morgan fingerprint density at radius 2 is 1.04 bits per heavy atom. The topological polar surface area (TPSA) is 3.24 Å². The Morgan fingerprint density at radius 3 is 1.80 bits per heavy atom. The molecule has 2 heteroatoms. The molecule has 0 atom stereocenters. The van der Waals surface area contributed by atoms with E-state index < -0.39 is 0 Å². The van der Waals surface area contributed by atoms with E-state index in [4.69, 9.17) is 0 Å². The zero-order chi connectivity index (χ0) is 30.4. The van der Waals surface area contributed by atoms with Gasteiger partial charge in [-0.2, -0.15) is 0 Å². The Balaban J connectivity index is 1.30. The third kappa shape index (κ3) is 3.34. The molecular formula is C44H29NS. The highest BCUT2D eigenvalue weighted by molar-refractivity contribution is 7.25. The molecule has 0 fully saturated rings. The van der Waals surface area contributed by atoms with E-state index >= 15 is 0 Å². The number of benzene rings is 7. The van der Waals surface area contributed by atoms with E-state index in [2.05, 4.69) is 170 Å². The molecule has 0 unspecified atom stereocenters. The maximum absolute atomic E-state index is 2.48. The Kier molecular flexibility index (Phi) is 5.35. The molecule has 0 aliphatic heterocycles. The Bertz CT molecular complexity index is 2470. The summed E-state index contributed by atoms with van der Waals surface area (Å²) in [7, 11) is 0. The minimum absolute atomic E-state index is 0.372. The van der Waals surface area contributed by atoms with Crippen LogP contribution >= 0.6 is 11.3 Å². The molecule has 8 aromatic rings. The van der Waals surface area contributed by atoms with Crippen molar-refractivity contribution >= 4 is 48.6 Å². The lowest BCUT2D eigenvalue weighted by Gasteiger charge is -2.32. The van der Waals surface area contributed by atoms with Crippen LogP contribution in [0.5, 0.6) is 0 Å². The third-order valence-corrected chi connectivity index (χ3v) is 11.3. The molecule has 0 bridgehead atoms. The van der Waals surface area contributed by atoms with Crippen LogP contribution in [0.1, 0.15) is 27.8 Å². The van der Waals surface area contributed by atoms with Gasteiger partial charge in [0.25, 0.3) is 0 Å². The second kappa shape index (κ2) is 9.53. The summed E-state index contributed by atoms with van der Waals surface area (Å²) < 4.78 is 2.63. The average Bonchev–Trinajstić information content (AvgIpc) is 3.73. The molecule has 7 aromatic carbocycles. The first-order valence-electron chi connectivity index (χ1n) is 15.9. The monoisotopic (exact) mass is 603 g/mol. The Morgan fingerprint density at radius 1 is 0.457 bits per heavy atom. The molecule has 1 spiro atoms. The van der Waals surface area contributed by atoms with Crippen molar-refractivity contribution in [1.29, 1.82) is 0 Å². The number of aryl methyl sites for hydroxylation is 1. The van der Waals surface area contributed by atoms with Crippen molar-refractivity contribution in [3.63, 3.8) is 0 Å². The first kappa shape index (κ1) is 25.8. The molecule has 2 aliphatic carbocycles. The fourth-order valence-electron chi connectivity index (χ4n) is 8.36. The van der Waals surface area contributed by atoms with Crippen LogP contribution in [-0.2, 0) is 5.41 Å². The average molecular weight is 604 g/mol. The number of fused-ring (bicyclic) bond motifs is 13. The van der Waals surface area contributed by atoms with Gasteiger partial charge in [0.1, 0.15) is 0 Å². The van der Waals surface area contributed by atoms with E-state index in [1.807, 2.05) is 11.3 Å². The molecule has 1 nitrogen and oxygen atoms in total.